The van der Waals surface area contributed by atoms with Gasteiger partial charge in [-0.15, -0.1) is 0 Å². The highest BCUT2D eigenvalue weighted by atomic mass is 35.5. The largest absolute Gasteiger partial charge is 0.481 e. The van der Waals surface area contributed by atoms with Crippen LogP contribution < -0.4 is 4.90 Å². The second-order valence-electron chi connectivity index (χ2n) is 7.13. The van der Waals surface area contributed by atoms with Crippen LogP contribution in [0.5, 0.6) is 0 Å². The fourth-order valence-corrected chi connectivity index (χ4v) is 4.67. The third-order valence-corrected chi connectivity index (χ3v) is 6.06. The molecule has 5 nitrogen and oxygen atoms in total. The molecule has 1 aromatic rings. The zero-order valence-electron chi connectivity index (χ0n) is 13.8. The van der Waals surface area contributed by atoms with E-state index in [9.17, 15) is 14.7 Å². The lowest BCUT2D eigenvalue weighted by atomic mass is 9.82. The van der Waals surface area contributed by atoms with Crippen molar-refractivity contribution in [3.8, 4) is 0 Å². The van der Waals surface area contributed by atoms with E-state index in [0.29, 0.717) is 18.1 Å². The number of allylic oxidation sites excluding steroid dienone is 2. The van der Waals surface area contributed by atoms with Crippen LogP contribution in [0.25, 0.3) is 0 Å². The van der Waals surface area contributed by atoms with Crippen molar-refractivity contribution in [2.75, 3.05) is 31.1 Å². The summed E-state index contributed by atoms with van der Waals surface area (Å²) in [4.78, 5) is 28.7. The average Bonchev–Trinajstić information content (AvgIpc) is 3.23. The van der Waals surface area contributed by atoms with Gasteiger partial charge in [-0.25, -0.2) is 0 Å². The van der Waals surface area contributed by atoms with E-state index in [-0.39, 0.29) is 17.7 Å². The van der Waals surface area contributed by atoms with Gasteiger partial charge in [0.05, 0.1) is 11.8 Å². The highest BCUT2D eigenvalue weighted by molar-refractivity contribution is 6.30. The molecule has 1 aliphatic heterocycles. The molecule has 3 aliphatic rings. The number of carbonyl (C=O) groups excluding carboxylic acids is 1. The van der Waals surface area contributed by atoms with Gasteiger partial charge >= 0.3 is 5.97 Å². The summed E-state index contributed by atoms with van der Waals surface area (Å²) in [5, 5.41) is 10.3. The van der Waals surface area contributed by atoms with E-state index < -0.39 is 17.8 Å². The van der Waals surface area contributed by atoms with Crippen LogP contribution in [0.2, 0.25) is 5.02 Å². The number of carboxylic acid groups (broad SMARTS) is 1. The molecule has 0 radical (unpaired) electrons. The van der Waals surface area contributed by atoms with Crippen LogP contribution in [0.15, 0.2) is 36.4 Å². The summed E-state index contributed by atoms with van der Waals surface area (Å²) in [5.41, 5.74) is 1.10. The molecule has 6 heteroatoms. The van der Waals surface area contributed by atoms with Crippen molar-refractivity contribution in [2.45, 2.75) is 6.42 Å². The molecule has 1 aromatic carbocycles. The second-order valence-corrected chi connectivity index (χ2v) is 7.56. The maximum atomic E-state index is 13.0. The lowest BCUT2D eigenvalue weighted by Crippen LogP contribution is -2.52. The smallest absolute Gasteiger partial charge is 0.307 e. The van der Waals surface area contributed by atoms with Crippen molar-refractivity contribution in [1.29, 1.82) is 0 Å². The van der Waals surface area contributed by atoms with Crippen molar-refractivity contribution >= 4 is 29.2 Å². The summed E-state index contributed by atoms with van der Waals surface area (Å²) in [7, 11) is 0. The fourth-order valence-electron chi connectivity index (χ4n) is 4.54. The quantitative estimate of drug-likeness (QED) is 0.841. The summed E-state index contributed by atoms with van der Waals surface area (Å²) >= 11 is 5.93. The van der Waals surface area contributed by atoms with Crippen LogP contribution in [0.3, 0.4) is 0 Å². The lowest BCUT2D eigenvalue weighted by Gasteiger charge is -2.38. The molecule has 1 saturated heterocycles. The molecule has 1 amide bonds. The fraction of sp³-hybridized carbons (Fsp3) is 0.474. The molecule has 1 N–H and O–H groups in total. The number of hydrogen-bond donors (Lipinski definition) is 1. The number of carboxylic acids is 1. The average molecular weight is 361 g/mol. The highest BCUT2D eigenvalue weighted by Crippen LogP contribution is 2.48. The number of fused-ring (bicyclic) bond motifs is 2. The molecule has 4 atom stereocenters. The minimum absolute atomic E-state index is 0.0139. The molecule has 4 rings (SSSR count). The number of carbonyl (C=O) groups is 2. The van der Waals surface area contributed by atoms with E-state index in [1.165, 1.54) is 0 Å². The van der Waals surface area contributed by atoms with Crippen molar-refractivity contribution < 1.29 is 14.7 Å². The maximum Gasteiger partial charge on any atom is 0.307 e. The van der Waals surface area contributed by atoms with Gasteiger partial charge in [0.2, 0.25) is 5.91 Å². The number of halogens is 1. The SMILES string of the molecule is O=C(O)[C@H]1[C@@H](C(=O)N2CCN(c3ccc(Cl)cc3)CC2)[C@H]2C=C[C@H]1C2. The molecular weight excluding hydrogens is 340 g/mol. The number of hydrogen-bond acceptors (Lipinski definition) is 3. The Kier molecular flexibility index (Phi) is 4.20. The number of amides is 1. The number of benzene rings is 1. The van der Waals surface area contributed by atoms with Crippen molar-refractivity contribution in [3.05, 3.63) is 41.4 Å². The van der Waals surface area contributed by atoms with Crippen molar-refractivity contribution in [3.63, 3.8) is 0 Å². The predicted molar refractivity (Wildman–Crippen MR) is 95.6 cm³/mol. The van der Waals surface area contributed by atoms with Gasteiger partial charge in [-0.2, -0.15) is 0 Å². The van der Waals surface area contributed by atoms with Gasteiger partial charge in [-0.3, -0.25) is 9.59 Å². The Morgan fingerprint density at radius 2 is 1.56 bits per heavy atom. The Balaban J connectivity index is 1.42. The molecule has 132 valence electrons. The zero-order chi connectivity index (χ0) is 17.6. The van der Waals surface area contributed by atoms with E-state index in [2.05, 4.69) is 4.90 Å². The van der Waals surface area contributed by atoms with Gasteiger partial charge in [-0.05, 0) is 42.5 Å². The van der Waals surface area contributed by atoms with E-state index in [1.54, 1.807) is 0 Å². The highest BCUT2D eigenvalue weighted by Gasteiger charge is 2.52. The summed E-state index contributed by atoms with van der Waals surface area (Å²) in [5.74, 6) is -1.67. The number of anilines is 1. The van der Waals surface area contributed by atoms with E-state index in [4.69, 9.17) is 11.6 Å². The normalized spacial score (nSPS) is 30.8. The number of aliphatic carboxylic acids is 1. The van der Waals surface area contributed by atoms with Crippen LogP contribution >= 0.6 is 11.6 Å². The van der Waals surface area contributed by atoms with Crippen LogP contribution in [0, 0.1) is 23.7 Å². The van der Waals surface area contributed by atoms with Crippen LogP contribution in [0.1, 0.15) is 6.42 Å². The Morgan fingerprint density at radius 3 is 2.16 bits per heavy atom. The van der Waals surface area contributed by atoms with Gasteiger partial charge in [0.15, 0.2) is 0 Å². The zero-order valence-corrected chi connectivity index (χ0v) is 14.6. The Hall–Kier alpha value is -2.01. The second kappa shape index (κ2) is 6.37. The number of rotatable bonds is 3. The van der Waals surface area contributed by atoms with Gasteiger partial charge in [0, 0.05) is 36.9 Å². The molecule has 1 heterocycles. The first-order valence-electron chi connectivity index (χ1n) is 8.75. The first-order valence-corrected chi connectivity index (χ1v) is 9.13. The van der Waals surface area contributed by atoms with Crippen LogP contribution in [0.4, 0.5) is 5.69 Å². The van der Waals surface area contributed by atoms with Crippen molar-refractivity contribution in [1.82, 2.24) is 4.90 Å². The van der Waals surface area contributed by atoms with Crippen molar-refractivity contribution in [2.24, 2.45) is 23.7 Å². The molecule has 0 aromatic heterocycles. The molecule has 25 heavy (non-hydrogen) atoms. The summed E-state index contributed by atoms with van der Waals surface area (Å²) in [6.45, 7) is 2.76. The first-order chi connectivity index (χ1) is 12.0. The predicted octanol–water partition coefficient (Wildman–Crippen LogP) is 2.51. The topological polar surface area (TPSA) is 60.9 Å². The summed E-state index contributed by atoms with van der Waals surface area (Å²) in [6.07, 6.45) is 4.82. The molecule has 2 fully saturated rings. The molecule has 2 aliphatic carbocycles. The third-order valence-electron chi connectivity index (χ3n) is 5.81. The molecule has 0 spiro atoms. The molecule has 2 bridgehead atoms. The minimum Gasteiger partial charge on any atom is -0.481 e. The standard InChI is InChI=1S/C19H21ClN2O3/c20-14-3-5-15(6-4-14)21-7-9-22(10-8-21)18(23)16-12-1-2-13(11-12)17(16)19(24)25/h1-6,12-13,16-17H,7-11H2,(H,24,25)/t12-,13-,16-,17+/m0/s1. The van der Waals surface area contributed by atoms with Gasteiger partial charge in [0.25, 0.3) is 0 Å². The Bertz CT molecular complexity index is 710. The third kappa shape index (κ3) is 2.91. The minimum atomic E-state index is -0.838. The van der Waals surface area contributed by atoms with E-state index in [1.807, 2.05) is 41.3 Å². The van der Waals surface area contributed by atoms with Gasteiger partial charge < -0.3 is 14.9 Å². The monoisotopic (exact) mass is 360 g/mol. The number of piperazine rings is 1. The summed E-state index contributed by atoms with van der Waals surface area (Å²) in [6, 6.07) is 7.71. The maximum absolute atomic E-state index is 13.0. The Morgan fingerprint density at radius 1 is 0.960 bits per heavy atom. The number of nitrogens with zero attached hydrogens (tertiary/aromatic N) is 2. The molecule has 1 saturated carbocycles. The van der Waals surface area contributed by atoms with Gasteiger partial charge in [0.1, 0.15) is 0 Å². The van der Waals surface area contributed by atoms with E-state index in [0.717, 1.165) is 25.2 Å². The summed E-state index contributed by atoms with van der Waals surface area (Å²) < 4.78 is 0. The van der Waals surface area contributed by atoms with Gasteiger partial charge in [-0.1, -0.05) is 23.8 Å². The van der Waals surface area contributed by atoms with Crippen LogP contribution in [-0.4, -0.2) is 48.1 Å². The molecule has 0 unspecified atom stereocenters. The van der Waals surface area contributed by atoms with E-state index >= 15 is 0 Å². The first kappa shape index (κ1) is 16.5. The molecular formula is C19H21ClN2O3. The Labute approximate surface area is 151 Å². The van der Waals surface area contributed by atoms with Crippen LogP contribution in [-0.2, 0) is 9.59 Å². The lowest BCUT2D eigenvalue weighted by molar-refractivity contribution is -0.151.